The van der Waals surface area contributed by atoms with Gasteiger partial charge in [0.1, 0.15) is 5.69 Å². The number of fused-ring (bicyclic) bond motifs is 1. The molecular weight excluding hydrogens is 296 g/mol. The summed E-state index contributed by atoms with van der Waals surface area (Å²) in [5.74, 6) is 0.232. The molecule has 1 aliphatic rings. The van der Waals surface area contributed by atoms with Crippen LogP contribution in [0.25, 0.3) is 10.9 Å². The van der Waals surface area contributed by atoms with Gasteiger partial charge >= 0.3 is 0 Å². The number of aromatic nitrogens is 1. The van der Waals surface area contributed by atoms with Gasteiger partial charge in [-0.25, -0.2) is 0 Å². The van der Waals surface area contributed by atoms with E-state index in [1.165, 1.54) is 22.9 Å². The first-order chi connectivity index (χ1) is 11.6. The van der Waals surface area contributed by atoms with Crippen LogP contribution in [0, 0.1) is 6.92 Å². The number of benzene rings is 1. The minimum atomic E-state index is 0.232. The third kappa shape index (κ3) is 2.74. The Hall–Kier alpha value is -1.77. The van der Waals surface area contributed by atoms with Crippen molar-refractivity contribution in [2.24, 2.45) is 0 Å². The summed E-state index contributed by atoms with van der Waals surface area (Å²) in [6, 6.07) is 7.05. The van der Waals surface area contributed by atoms with E-state index in [0.717, 1.165) is 50.0 Å². The molecule has 0 saturated carbocycles. The predicted molar refractivity (Wildman–Crippen MR) is 101 cm³/mol. The second-order valence-corrected chi connectivity index (χ2v) is 6.98. The molecule has 3 rings (SSSR count). The Morgan fingerprint density at radius 1 is 1.21 bits per heavy atom. The highest BCUT2D eigenvalue weighted by Crippen LogP contribution is 2.30. The van der Waals surface area contributed by atoms with Crippen molar-refractivity contribution in [3.8, 4) is 0 Å². The third-order valence-electron chi connectivity index (χ3n) is 5.67. The zero-order valence-electron chi connectivity index (χ0n) is 15.6. The fraction of sp³-hybridized carbons (Fsp3) is 0.571. The normalized spacial score (nSPS) is 18.3. The number of aryl methyl sites for hydroxylation is 3. The van der Waals surface area contributed by atoms with E-state index >= 15 is 0 Å². The van der Waals surface area contributed by atoms with E-state index in [1.807, 2.05) is 0 Å². The SMILES string of the molecule is CCc1ccc2c(c1)c(C)c(C(=O)N1CCCCC1CC)n2CC. The van der Waals surface area contributed by atoms with Crippen molar-refractivity contribution in [3.63, 3.8) is 0 Å². The summed E-state index contributed by atoms with van der Waals surface area (Å²) < 4.78 is 2.22. The largest absolute Gasteiger partial charge is 0.337 e. The molecule has 1 saturated heterocycles. The Balaban J connectivity index is 2.10. The third-order valence-corrected chi connectivity index (χ3v) is 5.67. The van der Waals surface area contributed by atoms with E-state index in [9.17, 15) is 4.79 Å². The Morgan fingerprint density at radius 2 is 2.00 bits per heavy atom. The van der Waals surface area contributed by atoms with Crippen LogP contribution in [0.15, 0.2) is 18.2 Å². The number of hydrogen-bond donors (Lipinski definition) is 0. The van der Waals surface area contributed by atoms with Crippen LogP contribution in [-0.4, -0.2) is 28.0 Å². The van der Waals surface area contributed by atoms with Gasteiger partial charge in [0.2, 0.25) is 0 Å². The Bertz CT molecular complexity index is 744. The molecule has 0 bridgehead atoms. The topological polar surface area (TPSA) is 25.2 Å². The monoisotopic (exact) mass is 326 g/mol. The number of carbonyl (C=O) groups excluding carboxylic acids is 1. The molecule has 1 fully saturated rings. The lowest BCUT2D eigenvalue weighted by atomic mass is 9.99. The molecule has 24 heavy (non-hydrogen) atoms. The van der Waals surface area contributed by atoms with Crippen LogP contribution in [0.1, 0.15) is 68.1 Å². The highest BCUT2D eigenvalue weighted by Gasteiger charge is 2.30. The summed E-state index contributed by atoms with van der Waals surface area (Å²) in [5, 5.41) is 1.24. The maximum atomic E-state index is 13.4. The quantitative estimate of drug-likeness (QED) is 0.781. The van der Waals surface area contributed by atoms with Gasteiger partial charge in [0.05, 0.1) is 0 Å². The molecule has 1 aromatic heterocycles. The van der Waals surface area contributed by atoms with Crippen molar-refractivity contribution < 1.29 is 4.79 Å². The molecule has 0 N–H and O–H groups in total. The van der Waals surface area contributed by atoms with Crippen LogP contribution >= 0.6 is 0 Å². The maximum absolute atomic E-state index is 13.4. The number of piperidine rings is 1. The second-order valence-electron chi connectivity index (χ2n) is 6.98. The van der Waals surface area contributed by atoms with Gasteiger partial charge in [0.15, 0.2) is 0 Å². The fourth-order valence-electron chi connectivity index (χ4n) is 4.22. The van der Waals surface area contributed by atoms with E-state index < -0.39 is 0 Å². The molecule has 0 aliphatic carbocycles. The number of hydrogen-bond acceptors (Lipinski definition) is 1. The van der Waals surface area contributed by atoms with Gasteiger partial charge in [-0.1, -0.05) is 19.9 Å². The molecule has 0 radical (unpaired) electrons. The molecule has 0 spiro atoms. The van der Waals surface area contributed by atoms with Crippen LogP contribution in [0.5, 0.6) is 0 Å². The maximum Gasteiger partial charge on any atom is 0.271 e. The van der Waals surface area contributed by atoms with Gasteiger partial charge in [0.25, 0.3) is 5.91 Å². The summed E-state index contributed by atoms with van der Waals surface area (Å²) in [7, 11) is 0. The Kier molecular flexibility index (Phi) is 4.98. The average Bonchev–Trinajstić information content (AvgIpc) is 2.92. The van der Waals surface area contributed by atoms with Crippen LogP contribution < -0.4 is 0 Å². The second kappa shape index (κ2) is 7.00. The summed E-state index contributed by atoms with van der Waals surface area (Å²) in [4.78, 5) is 15.5. The fourth-order valence-corrected chi connectivity index (χ4v) is 4.22. The Morgan fingerprint density at radius 3 is 2.67 bits per heavy atom. The van der Waals surface area contributed by atoms with Gasteiger partial charge in [-0.3, -0.25) is 4.79 Å². The van der Waals surface area contributed by atoms with Gasteiger partial charge < -0.3 is 9.47 Å². The minimum Gasteiger partial charge on any atom is -0.337 e. The molecule has 1 aliphatic heterocycles. The number of carbonyl (C=O) groups is 1. The Labute approximate surface area is 145 Å². The van der Waals surface area contributed by atoms with Crippen molar-refractivity contribution >= 4 is 16.8 Å². The number of rotatable bonds is 4. The van der Waals surface area contributed by atoms with E-state index in [4.69, 9.17) is 0 Å². The highest BCUT2D eigenvalue weighted by atomic mass is 16.2. The minimum absolute atomic E-state index is 0.232. The lowest BCUT2D eigenvalue weighted by molar-refractivity contribution is 0.0597. The lowest BCUT2D eigenvalue weighted by Gasteiger charge is -2.35. The molecular formula is C21H30N2O. The zero-order valence-corrected chi connectivity index (χ0v) is 15.6. The summed E-state index contributed by atoms with van der Waals surface area (Å²) in [5.41, 5.74) is 4.58. The number of likely N-dealkylation sites (tertiary alicyclic amines) is 1. The van der Waals surface area contributed by atoms with Gasteiger partial charge in [-0.15, -0.1) is 0 Å². The van der Waals surface area contributed by atoms with Crippen LogP contribution in [-0.2, 0) is 13.0 Å². The van der Waals surface area contributed by atoms with Gasteiger partial charge in [-0.2, -0.15) is 0 Å². The standard InChI is InChI=1S/C21H30N2O/c1-5-16-11-12-19-18(14-16)15(4)20(22(19)7-3)21(24)23-13-9-8-10-17(23)6-2/h11-12,14,17H,5-10,13H2,1-4H3. The first-order valence-electron chi connectivity index (χ1n) is 9.55. The van der Waals surface area contributed by atoms with E-state index in [1.54, 1.807) is 0 Å². The molecule has 130 valence electrons. The summed E-state index contributed by atoms with van der Waals surface area (Å²) in [6.45, 7) is 10.4. The molecule has 3 nitrogen and oxygen atoms in total. The van der Waals surface area contributed by atoms with Gasteiger partial charge in [0, 0.05) is 30.0 Å². The van der Waals surface area contributed by atoms with E-state index in [2.05, 4.69) is 55.4 Å². The van der Waals surface area contributed by atoms with Crippen molar-refractivity contribution in [2.75, 3.05) is 6.54 Å². The van der Waals surface area contributed by atoms with Crippen LogP contribution in [0.4, 0.5) is 0 Å². The average molecular weight is 326 g/mol. The molecule has 3 heteroatoms. The predicted octanol–water partition coefficient (Wildman–Crippen LogP) is 4.94. The van der Waals surface area contributed by atoms with E-state index in [-0.39, 0.29) is 5.91 Å². The van der Waals surface area contributed by atoms with Crippen molar-refractivity contribution in [2.45, 2.75) is 72.4 Å². The first-order valence-corrected chi connectivity index (χ1v) is 9.55. The lowest BCUT2D eigenvalue weighted by Crippen LogP contribution is -2.44. The van der Waals surface area contributed by atoms with Crippen molar-refractivity contribution in [1.82, 2.24) is 9.47 Å². The highest BCUT2D eigenvalue weighted by molar-refractivity contribution is 6.02. The molecule has 2 aromatic rings. The molecule has 1 atom stereocenters. The van der Waals surface area contributed by atoms with Crippen LogP contribution in [0.2, 0.25) is 0 Å². The summed E-state index contributed by atoms with van der Waals surface area (Å²) in [6.07, 6.45) is 5.61. The smallest absolute Gasteiger partial charge is 0.271 e. The summed E-state index contributed by atoms with van der Waals surface area (Å²) >= 11 is 0. The molecule has 1 aromatic carbocycles. The molecule has 1 unspecified atom stereocenters. The van der Waals surface area contributed by atoms with Crippen LogP contribution in [0.3, 0.4) is 0 Å². The first kappa shape index (κ1) is 17.1. The number of nitrogens with zero attached hydrogens (tertiary/aromatic N) is 2. The zero-order chi connectivity index (χ0) is 17.3. The molecule has 1 amide bonds. The number of amides is 1. The van der Waals surface area contributed by atoms with Crippen molar-refractivity contribution in [1.29, 1.82) is 0 Å². The van der Waals surface area contributed by atoms with Crippen molar-refractivity contribution in [3.05, 3.63) is 35.0 Å². The molecule has 2 heterocycles. The van der Waals surface area contributed by atoms with Gasteiger partial charge in [-0.05, 0) is 69.2 Å². The van der Waals surface area contributed by atoms with E-state index in [0.29, 0.717) is 6.04 Å².